The number of rotatable bonds is 3. The summed E-state index contributed by atoms with van der Waals surface area (Å²) >= 11 is 0. The van der Waals surface area contributed by atoms with Gasteiger partial charge in [-0.2, -0.15) is 0 Å². The molecule has 1 aliphatic heterocycles. The quantitative estimate of drug-likeness (QED) is 0.646. The fourth-order valence-corrected chi connectivity index (χ4v) is 2.92. The van der Waals surface area contributed by atoms with E-state index in [4.69, 9.17) is 11.1 Å². The first-order valence-corrected chi connectivity index (χ1v) is 7.16. The van der Waals surface area contributed by atoms with E-state index in [1.54, 1.807) is 0 Å². The number of aryl methyl sites for hydroxylation is 1. The van der Waals surface area contributed by atoms with Gasteiger partial charge in [-0.1, -0.05) is 32.4 Å². The van der Waals surface area contributed by atoms with E-state index < -0.39 is 0 Å². The highest BCUT2D eigenvalue weighted by Crippen LogP contribution is 2.37. The lowest BCUT2D eigenvalue weighted by Gasteiger charge is -2.41. The molecule has 3 N–H and O–H groups in total. The number of anilines is 1. The highest BCUT2D eigenvalue weighted by molar-refractivity contribution is 6.01. The molecule has 0 bridgehead atoms. The molecule has 0 spiro atoms. The van der Waals surface area contributed by atoms with Gasteiger partial charge in [0.15, 0.2) is 0 Å². The fourth-order valence-electron chi connectivity index (χ4n) is 2.92. The highest BCUT2D eigenvalue weighted by Gasteiger charge is 2.29. The first kappa shape index (κ1) is 13.9. The van der Waals surface area contributed by atoms with E-state index in [1.165, 1.54) is 24.8 Å². The topological polar surface area (TPSA) is 53.1 Å². The first-order chi connectivity index (χ1) is 8.97. The summed E-state index contributed by atoms with van der Waals surface area (Å²) in [5.41, 5.74) is 9.46. The van der Waals surface area contributed by atoms with Crippen LogP contribution in [0.4, 0.5) is 5.69 Å². The van der Waals surface area contributed by atoms with E-state index in [2.05, 4.69) is 31.7 Å². The van der Waals surface area contributed by atoms with Crippen LogP contribution in [0, 0.1) is 17.7 Å². The van der Waals surface area contributed by atoms with Crippen molar-refractivity contribution in [3.8, 4) is 0 Å². The number of hydrogen-bond acceptors (Lipinski definition) is 2. The molecule has 1 saturated heterocycles. The predicted molar refractivity (Wildman–Crippen MR) is 82.0 cm³/mol. The standard InChI is InChI=1S/C16H25N3/c1-4-16(3)8-10-19(11-9-16)14-12(2)6-5-7-13(14)15(17)18/h5-7H,4,8-11H2,1-3H3,(H3,17,18). The minimum atomic E-state index is 0.169. The molecular weight excluding hydrogens is 234 g/mol. The molecule has 1 fully saturated rings. The Bertz CT molecular complexity index is 471. The number of nitrogen functional groups attached to an aromatic ring is 1. The Hall–Kier alpha value is -1.51. The molecule has 1 aromatic rings. The van der Waals surface area contributed by atoms with Crippen LogP contribution in [0.5, 0.6) is 0 Å². The van der Waals surface area contributed by atoms with E-state index in [1.807, 2.05) is 12.1 Å². The van der Waals surface area contributed by atoms with Gasteiger partial charge in [0.05, 0.1) is 5.69 Å². The SMILES string of the molecule is CCC1(C)CCN(c2c(C)cccc2C(=N)N)CC1. The molecule has 0 radical (unpaired) electrons. The van der Waals surface area contributed by atoms with E-state index in [-0.39, 0.29) is 5.84 Å². The second-order valence-electron chi connectivity index (χ2n) is 6.04. The minimum Gasteiger partial charge on any atom is -0.384 e. The molecule has 0 saturated carbocycles. The summed E-state index contributed by atoms with van der Waals surface area (Å²) in [4.78, 5) is 2.41. The number of para-hydroxylation sites is 1. The van der Waals surface area contributed by atoms with Crippen molar-refractivity contribution in [2.45, 2.75) is 40.0 Å². The number of piperidine rings is 1. The summed E-state index contributed by atoms with van der Waals surface area (Å²) in [6.45, 7) is 8.90. The van der Waals surface area contributed by atoms with E-state index in [0.717, 1.165) is 24.3 Å². The molecule has 0 aromatic heterocycles. The van der Waals surface area contributed by atoms with Gasteiger partial charge in [0.1, 0.15) is 5.84 Å². The van der Waals surface area contributed by atoms with Crippen LogP contribution in [0.2, 0.25) is 0 Å². The maximum Gasteiger partial charge on any atom is 0.124 e. The van der Waals surface area contributed by atoms with Crippen molar-refractivity contribution >= 4 is 11.5 Å². The van der Waals surface area contributed by atoms with Crippen molar-refractivity contribution in [1.82, 2.24) is 0 Å². The van der Waals surface area contributed by atoms with Crippen molar-refractivity contribution < 1.29 is 0 Å². The van der Waals surface area contributed by atoms with Crippen LogP contribution >= 0.6 is 0 Å². The van der Waals surface area contributed by atoms with Crippen LogP contribution < -0.4 is 10.6 Å². The van der Waals surface area contributed by atoms with Gasteiger partial charge in [0.2, 0.25) is 0 Å². The molecule has 3 nitrogen and oxygen atoms in total. The molecular formula is C16H25N3. The molecule has 2 rings (SSSR count). The molecule has 19 heavy (non-hydrogen) atoms. The van der Waals surface area contributed by atoms with Crippen LogP contribution in [0.15, 0.2) is 18.2 Å². The minimum absolute atomic E-state index is 0.169. The largest absolute Gasteiger partial charge is 0.384 e. The van der Waals surface area contributed by atoms with Gasteiger partial charge in [-0.3, -0.25) is 5.41 Å². The Morgan fingerprint density at radius 1 is 1.37 bits per heavy atom. The van der Waals surface area contributed by atoms with Crippen molar-refractivity contribution in [3.05, 3.63) is 29.3 Å². The number of nitrogens with two attached hydrogens (primary N) is 1. The third-order valence-electron chi connectivity index (χ3n) is 4.67. The smallest absolute Gasteiger partial charge is 0.124 e. The van der Waals surface area contributed by atoms with Gasteiger partial charge < -0.3 is 10.6 Å². The number of hydrogen-bond donors (Lipinski definition) is 2. The van der Waals surface area contributed by atoms with Gasteiger partial charge in [0, 0.05) is 18.7 Å². The highest BCUT2D eigenvalue weighted by atomic mass is 15.1. The predicted octanol–water partition coefficient (Wildman–Crippen LogP) is 3.30. The van der Waals surface area contributed by atoms with E-state index in [9.17, 15) is 0 Å². The summed E-state index contributed by atoms with van der Waals surface area (Å²) in [6, 6.07) is 6.04. The zero-order chi connectivity index (χ0) is 14.0. The maximum absolute atomic E-state index is 7.76. The van der Waals surface area contributed by atoms with Crippen molar-refractivity contribution in [1.29, 1.82) is 5.41 Å². The monoisotopic (exact) mass is 259 g/mol. The molecule has 0 amide bonds. The number of nitrogens with zero attached hydrogens (tertiary/aromatic N) is 1. The van der Waals surface area contributed by atoms with Crippen molar-refractivity contribution in [3.63, 3.8) is 0 Å². The zero-order valence-corrected chi connectivity index (χ0v) is 12.3. The average molecular weight is 259 g/mol. The van der Waals surface area contributed by atoms with Gasteiger partial charge in [-0.05, 0) is 36.8 Å². The Morgan fingerprint density at radius 3 is 2.53 bits per heavy atom. The Morgan fingerprint density at radius 2 is 2.00 bits per heavy atom. The molecule has 1 heterocycles. The molecule has 0 unspecified atom stereocenters. The van der Waals surface area contributed by atoms with Crippen molar-refractivity contribution in [2.75, 3.05) is 18.0 Å². The average Bonchev–Trinajstić information content (AvgIpc) is 2.40. The summed E-state index contributed by atoms with van der Waals surface area (Å²) in [7, 11) is 0. The summed E-state index contributed by atoms with van der Waals surface area (Å²) in [6.07, 6.45) is 3.68. The van der Waals surface area contributed by atoms with Crippen LogP contribution in [-0.2, 0) is 0 Å². The Kier molecular flexibility index (Phi) is 3.83. The second kappa shape index (κ2) is 5.24. The van der Waals surface area contributed by atoms with Crippen LogP contribution in [0.25, 0.3) is 0 Å². The summed E-state index contributed by atoms with van der Waals surface area (Å²) < 4.78 is 0. The van der Waals surface area contributed by atoms with Crippen LogP contribution in [-0.4, -0.2) is 18.9 Å². The van der Waals surface area contributed by atoms with Crippen molar-refractivity contribution in [2.24, 2.45) is 11.1 Å². The third kappa shape index (κ3) is 2.75. The van der Waals surface area contributed by atoms with Gasteiger partial charge >= 0.3 is 0 Å². The van der Waals surface area contributed by atoms with Gasteiger partial charge in [-0.15, -0.1) is 0 Å². The molecule has 0 aliphatic carbocycles. The number of amidine groups is 1. The molecule has 1 aromatic carbocycles. The molecule has 0 atom stereocenters. The fraction of sp³-hybridized carbons (Fsp3) is 0.562. The second-order valence-corrected chi connectivity index (χ2v) is 6.04. The lowest BCUT2D eigenvalue weighted by atomic mass is 9.78. The van der Waals surface area contributed by atoms with E-state index >= 15 is 0 Å². The summed E-state index contributed by atoms with van der Waals surface area (Å²) in [5.74, 6) is 0.169. The molecule has 1 aliphatic rings. The zero-order valence-electron chi connectivity index (χ0n) is 12.3. The number of nitrogens with one attached hydrogen (secondary N) is 1. The maximum atomic E-state index is 7.76. The molecule has 3 heteroatoms. The lowest BCUT2D eigenvalue weighted by Crippen LogP contribution is -2.39. The Balaban J connectivity index is 2.27. The van der Waals surface area contributed by atoms with Gasteiger partial charge in [-0.25, -0.2) is 0 Å². The van der Waals surface area contributed by atoms with Crippen LogP contribution in [0.1, 0.15) is 44.2 Å². The summed E-state index contributed by atoms with van der Waals surface area (Å²) in [5, 5.41) is 7.76. The van der Waals surface area contributed by atoms with Gasteiger partial charge in [0.25, 0.3) is 0 Å². The normalized spacial score (nSPS) is 18.4. The third-order valence-corrected chi connectivity index (χ3v) is 4.67. The molecule has 104 valence electrons. The van der Waals surface area contributed by atoms with Crippen LogP contribution in [0.3, 0.4) is 0 Å². The number of benzene rings is 1. The first-order valence-electron chi connectivity index (χ1n) is 7.16. The Labute approximate surface area is 116 Å². The van der Waals surface area contributed by atoms with E-state index in [0.29, 0.717) is 5.41 Å². The lowest BCUT2D eigenvalue weighted by molar-refractivity contribution is 0.238.